The number of nitro groups is 1. The summed E-state index contributed by atoms with van der Waals surface area (Å²) in [5.41, 5.74) is -0.880. The summed E-state index contributed by atoms with van der Waals surface area (Å²) in [5, 5.41) is 10.5. The summed E-state index contributed by atoms with van der Waals surface area (Å²) < 4.78 is 46.9. The number of hydrogen-bond acceptors (Lipinski definition) is 4. The molecule has 0 unspecified atom stereocenters. The third-order valence-electron chi connectivity index (χ3n) is 1.66. The van der Waals surface area contributed by atoms with Gasteiger partial charge in [-0.2, -0.15) is 8.78 Å². The van der Waals surface area contributed by atoms with E-state index in [1.807, 2.05) is 0 Å². The Morgan fingerprint density at radius 1 is 1.38 bits per heavy atom. The van der Waals surface area contributed by atoms with Crippen molar-refractivity contribution in [1.82, 2.24) is 0 Å². The van der Waals surface area contributed by atoms with Crippen LogP contribution in [-0.4, -0.2) is 19.1 Å². The van der Waals surface area contributed by atoms with Crippen LogP contribution in [0.2, 0.25) is 0 Å². The first-order chi connectivity index (χ1) is 7.26. The van der Waals surface area contributed by atoms with Crippen LogP contribution in [0.4, 0.5) is 14.5 Å². The largest absolute Gasteiger partial charge is 0.341 e. The van der Waals surface area contributed by atoms with Crippen LogP contribution in [0.5, 0.6) is 0 Å². The van der Waals surface area contributed by atoms with E-state index in [4.69, 9.17) is 0 Å². The molecule has 0 saturated heterocycles. The Labute approximate surface area is 97.3 Å². The average molecular weight is 316 g/mol. The lowest BCUT2D eigenvalue weighted by Gasteiger charge is -2.04. The van der Waals surface area contributed by atoms with E-state index in [1.54, 1.807) is 0 Å². The van der Waals surface area contributed by atoms with Crippen LogP contribution in [0.25, 0.3) is 0 Å². The van der Waals surface area contributed by atoms with E-state index >= 15 is 0 Å². The molecule has 1 rings (SSSR count). The van der Waals surface area contributed by atoms with Crippen LogP contribution in [-0.2, 0) is 9.84 Å². The van der Waals surface area contributed by atoms with Gasteiger partial charge in [0.05, 0.1) is 4.92 Å². The van der Waals surface area contributed by atoms with Gasteiger partial charge in [0.15, 0.2) is 4.90 Å². The van der Waals surface area contributed by atoms with Gasteiger partial charge in [-0.1, -0.05) is 15.9 Å². The molecule has 0 aliphatic carbocycles. The first-order valence-electron chi connectivity index (χ1n) is 3.73. The van der Waals surface area contributed by atoms with Gasteiger partial charge in [0.1, 0.15) is 0 Å². The van der Waals surface area contributed by atoms with Crippen LogP contribution in [0.3, 0.4) is 0 Å². The maximum absolute atomic E-state index is 12.2. The predicted octanol–water partition coefficient (Wildman–Crippen LogP) is 2.35. The summed E-state index contributed by atoms with van der Waals surface area (Å²) in [7, 11) is -4.97. The predicted molar refractivity (Wildman–Crippen MR) is 54.0 cm³/mol. The van der Waals surface area contributed by atoms with Gasteiger partial charge in [-0.25, -0.2) is 8.42 Å². The number of hydrogen-bond donors (Lipinski definition) is 0. The number of sulfone groups is 1. The molecule has 9 heteroatoms. The van der Waals surface area contributed by atoms with Gasteiger partial charge in [0.25, 0.3) is 5.69 Å². The van der Waals surface area contributed by atoms with Gasteiger partial charge in [-0.15, -0.1) is 0 Å². The number of nitrogens with zero attached hydrogens (tertiary/aromatic N) is 1. The molecule has 0 amide bonds. The van der Waals surface area contributed by atoms with Crippen LogP contribution in [0.15, 0.2) is 27.6 Å². The minimum Gasteiger partial charge on any atom is -0.258 e. The van der Waals surface area contributed by atoms with E-state index in [1.165, 1.54) is 0 Å². The minimum atomic E-state index is -4.97. The molecule has 0 aliphatic rings. The van der Waals surface area contributed by atoms with Crippen molar-refractivity contribution < 1.29 is 22.1 Å². The zero-order chi connectivity index (χ0) is 12.5. The van der Waals surface area contributed by atoms with E-state index in [9.17, 15) is 27.3 Å². The molecule has 0 aromatic heterocycles. The molecular formula is C7H4BrF2NO4S. The smallest absolute Gasteiger partial charge is 0.258 e. The molecule has 0 aliphatic heterocycles. The summed E-state index contributed by atoms with van der Waals surface area (Å²) in [6, 6.07) is 2.77. The average Bonchev–Trinajstić information content (AvgIpc) is 2.16. The molecule has 0 radical (unpaired) electrons. The second kappa shape index (κ2) is 4.42. The topological polar surface area (TPSA) is 77.3 Å². The van der Waals surface area contributed by atoms with Crippen molar-refractivity contribution in [2.24, 2.45) is 0 Å². The van der Waals surface area contributed by atoms with Crippen LogP contribution in [0, 0.1) is 10.1 Å². The lowest BCUT2D eigenvalue weighted by atomic mass is 10.3. The van der Waals surface area contributed by atoms with Gasteiger partial charge in [0.2, 0.25) is 9.84 Å². The maximum atomic E-state index is 12.2. The maximum Gasteiger partial charge on any atom is 0.341 e. The summed E-state index contributed by atoms with van der Waals surface area (Å²) in [6.45, 7) is 0. The highest BCUT2D eigenvalue weighted by Gasteiger charge is 2.33. The molecule has 0 bridgehead atoms. The normalized spacial score (nSPS) is 11.8. The fraction of sp³-hybridized carbons (Fsp3) is 0.143. The Morgan fingerprint density at radius 2 is 1.94 bits per heavy atom. The van der Waals surface area contributed by atoms with E-state index < -0.39 is 31.1 Å². The fourth-order valence-electron chi connectivity index (χ4n) is 0.970. The Bertz CT molecular complexity index is 531. The molecular weight excluding hydrogens is 312 g/mol. The monoisotopic (exact) mass is 315 g/mol. The molecule has 0 N–H and O–H groups in total. The standard InChI is InChI=1S/C7H4BrF2NO4S/c8-4-1-2-6(5(3-4)11(12)13)16(14,15)7(9)10/h1-3,7H. The van der Waals surface area contributed by atoms with Gasteiger partial charge in [-0.05, 0) is 12.1 Å². The van der Waals surface area contributed by atoms with Crippen molar-refractivity contribution in [3.63, 3.8) is 0 Å². The van der Waals surface area contributed by atoms with Gasteiger partial charge in [0, 0.05) is 10.5 Å². The molecule has 0 heterocycles. The first kappa shape index (κ1) is 13.0. The van der Waals surface area contributed by atoms with Crippen LogP contribution in [0.1, 0.15) is 0 Å². The summed E-state index contributed by atoms with van der Waals surface area (Å²) in [6.07, 6.45) is 0. The van der Waals surface area contributed by atoms with E-state index in [-0.39, 0.29) is 4.47 Å². The van der Waals surface area contributed by atoms with Crippen LogP contribution >= 0.6 is 15.9 Å². The van der Waals surface area contributed by atoms with Crippen molar-refractivity contribution in [1.29, 1.82) is 0 Å². The SMILES string of the molecule is O=[N+]([O-])c1cc(Br)ccc1S(=O)(=O)C(F)F. The lowest BCUT2D eigenvalue weighted by molar-refractivity contribution is -0.387. The molecule has 5 nitrogen and oxygen atoms in total. The molecule has 88 valence electrons. The lowest BCUT2D eigenvalue weighted by Crippen LogP contribution is -2.13. The number of benzene rings is 1. The van der Waals surface area contributed by atoms with E-state index in [0.29, 0.717) is 0 Å². The number of alkyl halides is 2. The van der Waals surface area contributed by atoms with Crippen molar-refractivity contribution in [3.05, 3.63) is 32.8 Å². The Kier molecular flexibility index (Phi) is 3.58. The van der Waals surface area contributed by atoms with E-state index in [2.05, 4.69) is 15.9 Å². The highest BCUT2D eigenvalue weighted by Crippen LogP contribution is 2.30. The number of rotatable bonds is 3. The zero-order valence-electron chi connectivity index (χ0n) is 7.43. The van der Waals surface area contributed by atoms with Crippen molar-refractivity contribution in [2.75, 3.05) is 0 Å². The first-order valence-corrected chi connectivity index (χ1v) is 6.06. The van der Waals surface area contributed by atoms with Crippen molar-refractivity contribution in [3.8, 4) is 0 Å². The second-order valence-electron chi connectivity index (χ2n) is 2.67. The van der Waals surface area contributed by atoms with E-state index in [0.717, 1.165) is 18.2 Å². The molecule has 0 saturated carbocycles. The number of halogens is 3. The molecule has 0 spiro atoms. The van der Waals surface area contributed by atoms with Crippen LogP contribution < -0.4 is 0 Å². The Hall–Kier alpha value is -1.09. The van der Waals surface area contributed by atoms with Crippen molar-refractivity contribution in [2.45, 2.75) is 10.7 Å². The third kappa shape index (κ3) is 2.35. The number of nitro benzene ring substituents is 1. The minimum absolute atomic E-state index is 0.229. The molecule has 16 heavy (non-hydrogen) atoms. The Balaban J connectivity index is 3.52. The van der Waals surface area contributed by atoms with Crippen molar-refractivity contribution >= 4 is 31.5 Å². The van der Waals surface area contributed by atoms with Gasteiger partial charge in [-0.3, -0.25) is 10.1 Å². The summed E-state index contributed by atoms with van der Waals surface area (Å²) >= 11 is 2.88. The quantitative estimate of drug-likeness (QED) is 0.633. The van der Waals surface area contributed by atoms with Gasteiger partial charge < -0.3 is 0 Å². The highest BCUT2D eigenvalue weighted by molar-refractivity contribution is 9.10. The molecule has 1 aromatic rings. The summed E-state index contributed by atoms with van der Waals surface area (Å²) in [5.74, 6) is -3.69. The molecule has 0 fully saturated rings. The fourth-order valence-corrected chi connectivity index (χ4v) is 2.19. The summed E-state index contributed by atoms with van der Waals surface area (Å²) in [4.78, 5) is 8.50. The molecule has 0 atom stereocenters. The Morgan fingerprint density at radius 3 is 2.38 bits per heavy atom. The molecule has 1 aromatic carbocycles. The second-order valence-corrected chi connectivity index (χ2v) is 5.48. The highest BCUT2D eigenvalue weighted by atomic mass is 79.9. The third-order valence-corrected chi connectivity index (χ3v) is 3.58. The zero-order valence-corrected chi connectivity index (χ0v) is 9.83. The van der Waals surface area contributed by atoms with Gasteiger partial charge >= 0.3 is 5.76 Å².